The molecule has 1 heterocycles. The first-order chi connectivity index (χ1) is 8.66. The van der Waals surface area contributed by atoms with Crippen molar-refractivity contribution in [3.8, 4) is 0 Å². The lowest BCUT2D eigenvalue weighted by Crippen LogP contribution is -2.26. The molecule has 2 N–H and O–H groups in total. The second kappa shape index (κ2) is 5.78. The van der Waals surface area contributed by atoms with E-state index in [0.717, 1.165) is 12.8 Å². The molecule has 0 bridgehead atoms. The number of pyridine rings is 1. The Morgan fingerprint density at radius 1 is 1.00 bits per heavy atom. The van der Waals surface area contributed by atoms with Crippen LogP contribution in [0.2, 0.25) is 0 Å². The fraction of sp³-hybridized carbons (Fsp3) is 0.312. The minimum Gasteiger partial charge on any atom is -0.327 e. The van der Waals surface area contributed by atoms with Gasteiger partial charge in [-0.2, -0.15) is 0 Å². The summed E-state index contributed by atoms with van der Waals surface area (Å²) in [5.41, 5.74) is 11.6. The lowest BCUT2D eigenvalue weighted by molar-refractivity contribution is 0.660. The Labute approximate surface area is 109 Å². The summed E-state index contributed by atoms with van der Waals surface area (Å²) in [6.45, 7) is 4.31. The molecular weight excluding hydrogens is 220 g/mol. The number of aryl methyl sites for hydroxylation is 2. The third kappa shape index (κ3) is 3.17. The average molecular weight is 240 g/mol. The number of aromatic nitrogens is 1. The average Bonchev–Trinajstić information content (AvgIpc) is 2.35. The van der Waals surface area contributed by atoms with Crippen molar-refractivity contribution >= 4 is 0 Å². The number of nitrogens with zero attached hydrogens (tertiary/aromatic N) is 1. The molecule has 2 nitrogen and oxygen atoms in total. The highest BCUT2D eigenvalue weighted by atomic mass is 14.6. The summed E-state index contributed by atoms with van der Waals surface area (Å²) < 4.78 is 0. The van der Waals surface area contributed by atoms with Crippen molar-refractivity contribution in [3.05, 3.63) is 65.0 Å². The minimum atomic E-state index is 0.159. The number of hydrogen-bond donors (Lipinski definition) is 1. The van der Waals surface area contributed by atoms with E-state index in [1.165, 1.54) is 22.3 Å². The molecule has 0 aliphatic carbocycles. The molecule has 2 heteroatoms. The first kappa shape index (κ1) is 12.8. The molecule has 0 saturated heterocycles. The van der Waals surface area contributed by atoms with Crippen LogP contribution in [0.15, 0.2) is 42.7 Å². The zero-order valence-corrected chi connectivity index (χ0v) is 11.1. The minimum absolute atomic E-state index is 0.159. The van der Waals surface area contributed by atoms with Gasteiger partial charge in [-0.05, 0) is 61.1 Å². The van der Waals surface area contributed by atoms with Gasteiger partial charge in [0.15, 0.2) is 0 Å². The molecule has 0 aliphatic heterocycles. The topological polar surface area (TPSA) is 38.9 Å². The fourth-order valence-corrected chi connectivity index (χ4v) is 2.33. The Morgan fingerprint density at radius 2 is 1.61 bits per heavy atom. The summed E-state index contributed by atoms with van der Waals surface area (Å²) in [4.78, 5) is 4.02. The summed E-state index contributed by atoms with van der Waals surface area (Å²) in [7, 11) is 0. The fourth-order valence-electron chi connectivity index (χ4n) is 2.33. The van der Waals surface area contributed by atoms with Crippen molar-refractivity contribution in [2.24, 2.45) is 5.73 Å². The smallest absolute Gasteiger partial charge is 0.0270 e. The SMILES string of the molecule is Cc1cccc(C)c1CC(N)Cc1ccncc1. The van der Waals surface area contributed by atoms with Gasteiger partial charge in [0.05, 0.1) is 0 Å². The van der Waals surface area contributed by atoms with Crippen LogP contribution in [0, 0.1) is 13.8 Å². The van der Waals surface area contributed by atoms with E-state index in [4.69, 9.17) is 5.73 Å². The highest BCUT2D eigenvalue weighted by Gasteiger charge is 2.09. The monoisotopic (exact) mass is 240 g/mol. The number of rotatable bonds is 4. The van der Waals surface area contributed by atoms with Gasteiger partial charge in [-0.15, -0.1) is 0 Å². The van der Waals surface area contributed by atoms with E-state index in [0.29, 0.717) is 0 Å². The summed E-state index contributed by atoms with van der Waals surface area (Å²) in [6.07, 6.45) is 5.47. The molecule has 0 radical (unpaired) electrons. The van der Waals surface area contributed by atoms with Crippen LogP contribution in [0.25, 0.3) is 0 Å². The van der Waals surface area contributed by atoms with Crippen molar-refractivity contribution in [2.75, 3.05) is 0 Å². The Bertz CT molecular complexity index is 486. The van der Waals surface area contributed by atoms with Crippen molar-refractivity contribution in [1.29, 1.82) is 0 Å². The van der Waals surface area contributed by atoms with Crippen LogP contribution in [0.4, 0.5) is 0 Å². The molecule has 0 fully saturated rings. The predicted octanol–water partition coefficient (Wildman–Crippen LogP) is 2.81. The molecule has 1 atom stereocenters. The second-order valence-electron chi connectivity index (χ2n) is 4.89. The van der Waals surface area contributed by atoms with Gasteiger partial charge >= 0.3 is 0 Å². The summed E-state index contributed by atoms with van der Waals surface area (Å²) in [6, 6.07) is 10.6. The molecule has 1 unspecified atom stereocenters. The Morgan fingerprint density at radius 3 is 2.22 bits per heavy atom. The van der Waals surface area contributed by atoms with E-state index in [-0.39, 0.29) is 6.04 Å². The van der Waals surface area contributed by atoms with Gasteiger partial charge in [-0.1, -0.05) is 18.2 Å². The van der Waals surface area contributed by atoms with E-state index in [9.17, 15) is 0 Å². The van der Waals surface area contributed by atoms with Crippen LogP contribution in [-0.4, -0.2) is 11.0 Å². The van der Waals surface area contributed by atoms with Gasteiger partial charge in [0, 0.05) is 18.4 Å². The zero-order chi connectivity index (χ0) is 13.0. The van der Waals surface area contributed by atoms with Gasteiger partial charge < -0.3 is 5.73 Å². The van der Waals surface area contributed by atoms with Crippen LogP contribution >= 0.6 is 0 Å². The maximum Gasteiger partial charge on any atom is 0.0270 e. The van der Waals surface area contributed by atoms with Crippen LogP contribution in [0.5, 0.6) is 0 Å². The molecule has 0 spiro atoms. The largest absolute Gasteiger partial charge is 0.327 e. The molecular formula is C16H20N2. The molecule has 0 aliphatic rings. The first-order valence-corrected chi connectivity index (χ1v) is 6.36. The van der Waals surface area contributed by atoms with E-state index in [2.05, 4.69) is 37.0 Å². The standard InChI is InChI=1S/C16H20N2/c1-12-4-3-5-13(2)16(12)11-15(17)10-14-6-8-18-9-7-14/h3-9,15H,10-11,17H2,1-2H3. The van der Waals surface area contributed by atoms with Crippen molar-refractivity contribution < 1.29 is 0 Å². The number of benzene rings is 1. The maximum atomic E-state index is 6.26. The predicted molar refractivity (Wildman–Crippen MR) is 75.5 cm³/mol. The second-order valence-corrected chi connectivity index (χ2v) is 4.89. The Hall–Kier alpha value is -1.67. The van der Waals surface area contributed by atoms with E-state index >= 15 is 0 Å². The normalized spacial score (nSPS) is 12.4. The summed E-state index contributed by atoms with van der Waals surface area (Å²) in [5, 5.41) is 0. The van der Waals surface area contributed by atoms with Gasteiger partial charge in [0.2, 0.25) is 0 Å². The number of hydrogen-bond acceptors (Lipinski definition) is 2. The number of nitrogens with two attached hydrogens (primary N) is 1. The lowest BCUT2D eigenvalue weighted by Gasteiger charge is -2.15. The summed E-state index contributed by atoms with van der Waals surface area (Å²) >= 11 is 0. The first-order valence-electron chi connectivity index (χ1n) is 6.36. The van der Waals surface area contributed by atoms with E-state index in [1.807, 2.05) is 24.5 Å². The third-order valence-electron chi connectivity index (χ3n) is 3.36. The van der Waals surface area contributed by atoms with Gasteiger partial charge in [0.1, 0.15) is 0 Å². The maximum absolute atomic E-state index is 6.26. The molecule has 0 saturated carbocycles. The van der Waals surface area contributed by atoms with Crippen LogP contribution in [0.1, 0.15) is 22.3 Å². The lowest BCUT2D eigenvalue weighted by atomic mass is 9.94. The van der Waals surface area contributed by atoms with Crippen molar-refractivity contribution in [1.82, 2.24) is 4.98 Å². The van der Waals surface area contributed by atoms with Crippen molar-refractivity contribution in [2.45, 2.75) is 32.7 Å². The molecule has 1 aromatic carbocycles. The Balaban J connectivity index is 2.06. The molecule has 0 amide bonds. The zero-order valence-electron chi connectivity index (χ0n) is 11.1. The molecule has 94 valence electrons. The molecule has 2 aromatic rings. The van der Waals surface area contributed by atoms with Gasteiger partial charge in [-0.3, -0.25) is 4.98 Å². The van der Waals surface area contributed by atoms with Crippen LogP contribution in [-0.2, 0) is 12.8 Å². The third-order valence-corrected chi connectivity index (χ3v) is 3.36. The van der Waals surface area contributed by atoms with Gasteiger partial charge in [-0.25, -0.2) is 0 Å². The highest BCUT2D eigenvalue weighted by molar-refractivity contribution is 5.34. The molecule has 2 rings (SSSR count). The van der Waals surface area contributed by atoms with Crippen molar-refractivity contribution in [3.63, 3.8) is 0 Å². The van der Waals surface area contributed by atoms with Crippen LogP contribution in [0.3, 0.4) is 0 Å². The quantitative estimate of drug-likeness (QED) is 0.892. The molecule has 1 aromatic heterocycles. The Kier molecular flexibility index (Phi) is 4.11. The van der Waals surface area contributed by atoms with Crippen LogP contribution < -0.4 is 5.73 Å². The van der Waals surface area contributed by atoms with E-state index < -0.39 is 0 Å². The van der Waals surface area contributed by atoms with E-state index in [1.54, 1.807) is 0 Å². The molecule has 18 heavy (non-hydrogen) atoms. The summed E-state index contributed by atoms with van der Waals surface area (Å²) in [5.74, 6) is 0. The highest BCUT2D eigenvalue weighted by Crippen LogP contribution is 2.16. The van der Waals surface area contributed by atoms with Gasteiger partial charge in [0.25, 0.3) is 0 Å².